The van der Waals surface area contributed by atoms with Crippen LogP contribution in [0.4, 0.5) is 5.69 Å². The van der Waals surface area contributed by atoms with Crippen LogP contribution in [0.25, 0.3) is 11.4 Å². The van der Waals surface area contributed by atoms with Crippen LogP contribution < -0.4 is 10.7 Å². The van der Waals surface area contributed by atoms with Crippen molar-refractivity contribution in [3.63, 3.8) is 0 Å². The van der Waals surface area contributed by atoms with Gasteiger partial charge in [-0.3, -0.25) is 4.79 Å². The second-order valence-electron chi connectivity index (χ2n) is 7.72. The minimum absolute atomic E-state index is 0.0815. The number of aromatic nitrogens is 3. The second kappa shape index (κ2) is 9.34. The van der Waals surface area contributed by atoms with E-state index in [0.29, 0.717) is 11.0 Å². The van der Waals surface area contributed by atoms with E-state index in [1.807, 2.05) is 66.4 Å². The van der Waals surface area contributed by atoms with Crippen molar-refractivity contribution in [2.24, 2.45) is 0 Å². The van der Waals surface area contributed by atoms with Gasteiger partial charge in [0, 0.05) is 17.3 Å². The Bertz CT molecular complexity index is 981. The Hall–Kier alpha value is -2.80. The summed E-state index contributed by atoms with van der Waals surface area (Å²) in [5, 5.41) is 8.98. The third-order valence-electron chi connectivity index (χ3n) is 5.54. The first-order valence-corrected chi connectivity index (χ1v) is 11.4. The molecule has 0 aliphatic heterocycles. The third kappa shape index (κ3) is 4.51. The second-order valence-corrected chi connectivity index (χ2v) is 8.66. The minimum Gasteiger partial charge on any atom is -0.335 e. The average molecular weight is 422 g/mol. The van der Waals surface area contributed by atoms with Gasteiger partial charge in [-0.2, -0.15) is 0 Å². The van der Waals surface area contributed by atoms with Crippen LogP contribution in [0, 0.1) is 6.92 Å². The first kappa shape index (κ1) is 20.5. The number of nitrogen functional groups attached to an aromatic ring is 1. The number of carbonyl (C=O) groups is 1. The van der Waals surface area contributed by atoms with Gasteiger partial charge in [-0.25, -0.2) is 4.68 Å². The van der Waals surface area contributed by atoms with E-state index < -0.39 is 0 Å². The standard InChI is InChI=1S/C23H27N5OS/c1-17-12-14-18(15-13-17)22-25-26-23(28(22)24)30-16-21(29)27(19-8-4-2-5-9-19)20-10-6-3-7-11-20/h2,4-5,8-9,12-15,20H,3,6-7,10-11,16,24H2,1H3. The summed E-state index contributed by atoms with van der Waals surface area (Å²) in [6.07, 6.45) is 5.70. The van der Waals surface area contributed by atoms with Crippen LogP contribution in [0.1, 0.15) is 37.7 Å². The van der Waals surface area contributed by atoms with Gasteiger partial charge in [0.25, 0.3) is 0 Å². The molecule has 1 aliphatic rings. The largest absolute Gasteiger partial charge is 0.335 e. The summed E-state index contributed by atoms with van der Waals surface area (Å²) in [5.74, 6) is 7.18. The van der Waals surface area contributed by atoms with Crippen molar-refractivity contribution in [3.8, 4) is 11.4 Å². The molecule has 0 atom stereocenters. The topological polar surface area (TPSA) is 77.0 Å². The monoisotopic (exact) mass is 421 g/mol. The number of amides is 1. The lowest BCUT2D eigenvalue weighted by Crippen LogP contribution is -2.42. The Morgan fingerprint density at radius 2 is 1.77 bits per heavy atom. The van der Waals surface area contributed by atoms with Gasteiger partial charge < -0.3 is 10.7 Å². The predicted octanol–water partition coefficient (Wildman–Crippen LogP) is 4.43. The Kier molecular flexibility index (Phi) is 6.38. The molecule has 1 heterocycles. The molecule has 0 spiro atoms. The molecule has 1 amide bonds. The molecule has 3 aromatic rings. The van der Waals surface area contributed by atoms with Crippen LogP contribution in [0.2, 0.25) is 0 Å². The fourth-order valence-electron chi connectivity index (χ4n) is 3.96. The average Bonchev–Trinajstić information content (AvgIpc) is 3.15. The quantitative estimate of drug-likeness (QED) is 0.471. The summed E-state index contributed by atoms with van der Waals surface area (Å²) in [4.78, 5) is 15.2. The van der Waals surface area contributed by atoms with Crippen LogP contribution in [0.3, 0.4) is 0 Å². The maximum atomic E-state index is 13.2. The van der Waals surface area contributed by atoms with E-state index >= 15 is 0 Å². The maximum Gasteiger partial charge on any atom is 0.237 e. The number of thioether (sulfide) groups is 1. The van der Waals surface area contributed by atoms with E-state index in [2.05, 4.69) is 10.2 Å². The first-order valence-electron chi connectivity index (χ1n) is 10.4. The summed E-state index contributed by atoms with van der Waals surface area (Å²) in [6.45, 7) is 2.04. The van der Waals surface area contributed by atoms with Crippen LogP contribution >= 0.6 is 11.8 Å². The van der Waals surface area contributed by atoms with Crippen molar-refractivity contribution >= 4 is 23.4 Å². The van der Waals surface area contributed by atoms with Crippen molar-refractivity contribution in [2.45, 2.75) is 50.2 Å². The number of hydrogen-bond acceptors (Lipinski definition) is 5. The number of anilines is 1. The first-order chi connectivity index (χ1) is 14.6. The van der Waals surface area contributed by atoms with Crippen LogP contribution in [0.15, 0.2) is 59.8 Å². The number of benzene rings is 2. The summed E-state index contributed by atoms with van der Waals surface area (Å²) >= 11 is 1.33. The molecule has 1 aliphatic carbocycles. The molecule has 0 radical (unpaired) electrons. The number of nitrogens with two attached hydrogens (primary N) is 1. The molecule has 1 aromatic heterocycles. The molecule has 0 saturated heterocycles. The van der Waals surface area contributed by atoms with Gasteiger partial charge in [-0.1, -0.05) is 79.1 Å². The van der Waals surface area contributed by atoms with Gasteiger partial charge >= 0.3 is 0 Å². The van der Waals surface area contributed by atoms with Crippen LogP contribution in [-0.2, 0) is 4.79 Å². The smallest absolute Gasteiger partial charge is 0.237 e. The Balaban J connectivity index is 1.49. The number of carbonyl (C=O) groups excluding carboxylic acids is 1. The number of hydrogen-bond donors (Lipinski definition) is 1. The van der Waals surface area contributed by atoms with E-state index in [1.165, 1.54) is 41.3 Å². The van der Waals surface area contributed by atoms with E-state index in [-0.39, 0.29) is 17.7 Å². The highest BCUT2D eigenvalue weighted by molar-refractivity contribution is 7.99. The number of rotatable bonds is 6. The fourth-order valence-corrected chi connectivity index (χ4v) is 4.67. The highest BCUT2D eigenvalue weighted by Crippen LogP contribution is 2.29. The van der Waals surface area contributed by atoms with Gasteiger partial charge in [-0.05, 0) is 31.9 Å². The molecular weight excluding hydrogens is 394 g/mol. The van der Waals surface area contributed by atoms with Crippen molar-refractivity contribution < 1.29 is 4.79 Å². The fraction of sp³-hybridized carbons (Fsp3) is 0.348. The van der Waals surface area contributed by atoms with E-state index in [4.69, 9.17) is 5.84 Å². The number of nitrogens with zero attached hydrogens (tertiary/aromatic N) is 4. The molecule has 2 N–H and O–H groups in total. The Labute approximate surface area is 181 Å². The highest BCUT2D eigenvalue weighted by Gasteiger charge is 2.27. The number of aryl methyl sites for hydroxylation is 1. The molecule has 6 nitrogen and oxygen atoms in total. The normalized spacial score (nSPS) is 14.6. The summed E-state index contributed by atoms with van der Waals surface area (Å²) < 4.78 is 1.47. The lowest BCUT2D eigenvalue weighted by molar-refractivity contribution is -0.116. The molecule has 2 aromatic carbocycles. The van der Waals surface area contributed by atoms with Crippen molar-refractivity contribution in [2.75, 3.05) is 16.5 Å². The molecule has 7 heteroatoms. The lowest BCUT2D eigenvalue weighted by Gasteiger charge is -2.34. The summed E-state index contributed by atoms with van der Waals surface area (Å²) in [5.41, 5.74) is 3.04. The molecular formula is C23H27N5OS. The molecule has 0 unspecified atom stereocenters. The predicted molar refractivity (Wildman–Crippen MR) is 122 cm³/mol. The molecule has 30 heavy (non-hydrogen) atoms. The van der Waals surface area contributed by atoms with Gasteiger partial charge in [0.2, 0.25) is 11.1 Å². The highest BCUT2D eigenvalue weighted by atomic mass is 32.2. The van der Waals surface area contributed by atoms with Crippen molar-refractivity contribution in [3.05, 3.63) is 60.2 Å². The van der Waals surface area contributed by atoms with Crippen LogP contribution in [-0.4, -0.2) is 32.6 Å². The zero-order chi connectivity index (χ0) is 20.9. The molecule has 156 valence electrons. The maximum absolute atomic E-state index is 13.2. The van der Waals surface area contributed by atoms with E-state index in [9.17, 15) is 4.79 Å². The van der Waals surface area contributed by atoms with Gasteiger partial charge in [0.1, 0.15) is 0 Å². The molecule has 1 saturated carbocycles. The lowest BCUT2D eigenvalue weighted by atomic mass is 9.93. The molecule has 0 bridgehead atoms. The van der Waals surface area contributed by atoms with Gasteiger partial charge in [-0.15, -0.1) is 10.2 Å². The van der Waals surface area contributed by atoms with Crippen molar-refractivity contribution in [1.29, 1.82) is 0 Å². The Morgan fingerprint density at radius 3 is 2.47 bits per heavy atom. The number of para-hydroxylation sites is 1. The SMILES string of the molecule is Cc1ccc(-c2nnc(SCC(=O)N(c3ccccc3)C3CCCCC3)n2N)cc1. The zero-order valence-electron chi connectivity index (χ0n) is 17.2. The summed E-state index contributed by atoms with van der Waals surface area (Å²) in [6, 6.07) is 18.2. The van der Waals surface area contributed by atoms with Gasteiger partial charge in [0.05, 0.1) is 5.75 Å². The van der Waals surface area contributed by atoms with Crippen LogP contribution in [0.5, 0.6) is 0 Å². The van der Waals surface area contributed by atoms with E-state index in [0.717, 1.165) is 24.1 Å². The summed E-state index contributed by atoms with van der Waals surface area (Å²) in [7, 11) is 0. The minimum atomic E-state index is 0.0815. The molecule has 4 rings (SSSR count). The third-order valence-corrected chi connectivity index (χ3v) is 6.47. The Morgan fingerprint density at radius 1 is 1.07 bits per heavy atom. The molecule has 1 fully saturated rings. The van der Waals surface area contributed by atoms with Gasteiger partial charge in [0.15, 0.2) is 5.82 Å². The zero-order valence-corrected chi connectivity index (χ0v) is 18.0. The van der Waals surface area contributed by atoms with E-state index in [1.54, 1.807) is 0 Å². The van der Waals surface area contributed by atoms with Crippen molar-refractivity contribution in [1.82, 2.24) is 14.9 Å².